The van der Waals surface area contributed by atoms with Crippen LogP contribution < -0.4 is 5.35 Å². The van der Waals surface area contributed by atoms with E-state index < -0.39 is 26.7 Å². The minimum atomic E-state index is -4.42. The van der Waals surface area contributed by atoms with Crippen molar-refractivity contribution < 1.29 is 49.7 Å². The van der Waals surface area contributed by atoms with Crippen LogP contribution in [0.5, 0.6) is 0 Å². The van der Waals surface area contributed by atoms with Crippen molar-refractivity contribution in [1.29, 1.82) is 0 Å². The Morgan fingerprint density at radius 2 is 1.51 bits per heavy atom. The second-order valence-electron chi connectivity index (χ2n) is 11.1. The topological polar surface area (TPSA) is 185 Å². The number of benzene rings is 4. The number of carboxylic acids is 1. The Bertz CT molecular complexity index is 2550. The quantitative estimate of drug-likeness (QED) is 0.104. The summed E-state index contributed by atoms with van der Waals surface area (Å²) < 4.78 is 63.7. The molecule has 1 aromatic heterocycles. The van der Waals surface area contributed by atoms with E-state index >= 15 is 0 Å². The number of carbonyl (C=O) groups is 1. The van der Waals surface area contributed by atoms with Gasteiger partial charge in [0, 0.05) is 52.1 Å². The number of allylic oxidation sites excluding steroid dienone is 6. The van der Waals surface area contributed by atoms with Crippen LogP contribution in [0.3, 0.4) is 0 Å². The van der Waals surface area contributed by atoms with Gasteiger partial charge in [-0.2, -0.15) is 22.6 Å². The molecule has 2 heterocycles. The third kappa shape index (κ3) is 8.87. The predicted molar refractivity (Wildman–Crippen MR) is 191 cm³/mol. The maximum Gasteiger partial charge on any atom is 0.425 e. The Kier molecular flexibility index (Phi) is 12.8. The molecule has 0 unspecified atom stereocenters. The number of nitrogens with zero attached hydrogens (tertiary/aromatic N) is 2. The first kappa shape index (κ1) is 38.0. The van der Waals surface area contributed by atoms with Crippen molar-refractivity contribution in [3.8, 4) is 0 Å². The molecule has 5 aromatic rings. The van der Waals surface area contributed by atoms with Gasteiger partial charge in [-0.1, -0.05) is 79.8 Å². The third-order valence-electron chi connectivity index (χ3n) is 8.03. The van der Waals surface area contributed by atoms with E-state index in [4.69, 9.17) is 22.2 Å². The number of carboxylic acid groups (broad SMARTS) is 1. The van der Waals surface area contributed by atoms with Crippen LogP contribution in [0.15, 0.2) is 108 Å². The number of rotatable bonds is 11. The van der Waals surface area contributed by atoms with Gasteiger partial charge in [-0.15, -0.1) is 12.6 Å². The fraction of sp³-hybridized carbons (Fsp3) is 0.162. The van der Waals surface area contributed by atoms with Crippen molar-refractivity contribution in [2.45, 2.75) is 37.6 Å². The van der Waals surface area contributed by atoms with Crippen molar-refractivity contribution in [3.63, 3.8) is 0 Å². The van der Waals surface area contributed by atoms with E-state index in [0.29, 0.717) is 18.4 Å². The Morgan fingerprint density at radius 3 is 2.18 bits per heavy atom. The highest BCUT2D eigenvalue weighted by Gasteiger charge is 2.32. The molecule has 0 aliphatic carbocycles. The van der Waals surface area contributed by atoms with Crippen LogP contribution in [0.2, 0.25) is 0 Å². The Morgan fingerprint density at radius 1 is 0.882 bits per heavy atom. The maximum atomic E-state index is 12.1. The lowest BCUT2D eigenvalue weighted by molar-refractivity contribution is -0.436. The molecule has 0 fully saturated rings. The molecule has 0 spiro atoms. The summed E-state index contributed by atoms with van der Waals surface area (Å²) in [7, 11) is -7.53. The van der Waals surface area contributed by atoms with Crippen LogP contribution in [0.1, 0.15) is 31.7 Å². The fourth-order valence-corrected chi connectivity index (χ4v) is 6.96. The van der Waals surface area contributed by atoms with Gasteiger partial charge in [0.1, 0.15) is 11.4 Å². The molecular weight excluding hydrogens is 697 g/mol. The largest absolute Gasteiger partial charge is 0.481 e. The van der Waals surface area contributed by atoms with Crippen LogP contribution in [0.25, 0.3) is 38.5 Å². The van der Waals surface area contributed by atoms with Crippen LogP contribution in [0.4, 0.5) is 5.69 Å². The Hall–Kier alpha value is -5.79. The molecule has 1 aliphatic rings. The van der Waals surface area contributed by atoms with Crippen molar-refractivity contribution in [1.82, 2.24) is 4.57 Å². The predicted octanol–water partition coefficient (Wildman–Crippen LogP) is 5.20. The molecule has 51 heavy (non-hydrogen) atoms. The molecule has 262 valence electrons. The number of aryl methyl sites for hydroxylation is 1. The molecule has 0 saturated heterocycles. The lowest BCUT2D eigenvalue weighted by Crippen LogP contribution is -2.15. The molecule has 0 radical (unpaired) electrons. The normalized spacial score (nSPS) is 12.9. The molecule has 0 amide bonds. The van der Waals surface area contributed by atoms with Gasteiger partial charge in [0.15, 0.2) is 0 Å². The first-order valence-electron chi connectivity index (χ1n) is 15.6. The van der Waals surface area contributed by atoms with Crippen LogP contribution >= 0.6 is 0 Å². The minimum absolute atomic E-state index is 0.0194. The summed E-state index contributed by atoms with van der Waals surface area (Å²) >= 11 is 0. The summed E-state index contributed by atoms with van der Waals surface area (Å²) in [6.45, 7) is 3.57. The molecule has 12 nitrogen and oxygen atoms in total. The number of aromatic nitrogens is 1. The van der Waals surface area contributed by atoms with Gasteiger partial charge in [0.25, 0.3) is 10.1 Å². The van der Waals surface area contributed by atoms with Crippen LogP contribution in [-0.4, -0.2) is 64.2 Å². The van der Waals surface area contributed by atoms with Gasteiger partial charge < -0.3 is 9.67 Å². The van der Waals surface area contributed by atoms with E-state index in [1.165, 1.54) is 33.1 Å². The standard InChI is InChI=1S/C36H32N2O5S.CO2.O3S/c1-2-23-37-29(26-14-8-12-25-13-9-19-31(37)35(25)26)17-6-4-3-5-7-18-30-27-15-10-16-28-33(44(41,42)43)22-21-32(36(27)28)38(30)24-11-20-34(39)40;2-1-3;1-4(2)3/h3-10,12-19,21-22H,2,11,20,23-24H2,1H3,(H-,39,40,41,42,43);;/p+1. The van der Waals surface area contributed by atoms with Crippen molar-refractivity contribution >= 4 is 82.8 Å². The minimum Gasteiger partial charge on any atom is -0.481 e. The summed E-state index contributed by atoms with van der Waals surface area (Å²) in [6, 6.07) is 21.3. The molecule has 4 aromatic carbocycles. The SMILES string of the molecule is CCCn1\c(=C/C=C/C=C/C=C/C2=[N+](CCCC(=O)O)c3ccc(S(=O)(=O)O)c4cccc2c34)c2cccc3cccc1c32.O=C=O.O=S(=O)=O. The molecule has 0 bridgehead atoms. The molecule has 14 heteroatoms. The van der Waals surface area contributed by atoms with Gasteiger partial charge in [0.05, 0.1) is 17.4 Å². The fourth-order valence-electron chi connectivity index (χ4n) is 6.27. The van der Waals surface area contributed by atoms with Gasteiger partial charge in [-0.25, -0.2) is 0 Å². The number of hydrogen-bond donors (Lipinski definition) is 2. The average molecular weight is 730 g/mol. The van der Waals surface area contributed by atoms with Gasteiger partial charge >= 0.3 is 22.7 Å². The summed E-state index contributed by atoms with van der Waals surface area (Å²) in [5.41, 5.74) is 3.70. The molecule has 2 N–H and O–H groups in total. The summed E-state index contributed by atoms with van der Waals surface area (Å²) in [4.78, 5) is 27.3. The number of aliphatic carboxylic acids is 1. The highest BCUT2D eigenvalue weighted by atomic mass is 32.2. The molecule has 6 rings (SSSR count). The highest BCUT2D eigenvalue weighted by molar-refractivity contribution is 7.86. The zero-order valence-corrected chi connectivity index (χ0v) is 28.9. The van der Waals surface area contributed by atoms with Gasteiger partial charge in [0.2, 0.25) is 11.4 Å². The molecular formula is C37H33N2O10S2+. The van der Waals surface area contributed by atoms with E-state index in [1.54, 1.807) is 18.2 Å². The van der Waals surface area contributed by atoms with Gasteiger partial charge in [-0.3, -0.25) is 9.35 Å². The Balaban J connectivity index is 0.000000767. The van der Waals surface area contributed by atoms with E-state index in [1.807, 2.05) is 47.1 Å². The molecule has 1 aliphatic heterocycles. The zero-order valence-electron chi connectivity index (χ0n) is 27.3. The van der Waals surface area contributed by atoms with E-state index in [2.05, 4.69) is 54.0 Å². The molecule has 0 atom stereocenters. The van der Waals surface area contributed by atoms with E-state index in [9.17, 15) is 22.9 Å². The second-order valence-corrected chi connectivity index (χ2v) is 12.9. The lowest BCUT2D eigenvalue weighted by atomic mass is 10.0. The third-order valence-corrected chi connectivity index (χ3v) is 8.94. The summed E-state index contributed by atoms with van der Waals surface area (Å²) in [6.07, 6.45) is 15.7. The smallest absolute Gasteiger partial charge is 0.425 e. The first-order valence-corrected chi connectivity index (χ1v) is 18.1. The Labute approximate surface area is 294 Å². The summed E-state index contributed by atoms with van der Waals surface area (Å²) in [5, 5.41) is 15.3. The van der Waals surface area contributed by atoms with Gasteiger partial charge in [-0.05, 0) is 36.1 Å². The lowest BCUT2D eigenvalue weighted by Gasteiger charge is -2.04. The van der Waals surface area contributed by atoms with Crippen molar-refractivity contribution in [3.05, 3.63) is 114 Å². The van der Waals surface area contributed by atoms with Crippen LogP contribution in [0, 0.1) is 0 Å². The highest BCUT2D eigenvalue weighted by Crippen LogP contribution is 2.39. The van der Waals surface area contributed by atoms with Crippen molar-refractivity contribution in [2.24, 2.45) is 0 Å². The monoisotopic (exact) mass is 729 g/mol. The van der Waals surface area contributed by atoms with E-state index in [0.717, 1.165) is 35.3 Å². The zero-order chi connectivity index (χ0) is 37.1. The summed E-state index contributed by atoms with van der Waals surface area (Å²) in [5.74, 6) is -0.869. The number of hydrogen-bond acceptors (Lipinski definition) is 8. The van der Waals surface area contributed by atoms with Crippen LogP contribution in [-0.2, 0) is 41.7 Å². The first-order chi connectivity index (χ1) is 24.4. The van der Waals surface area contributed by atoms with E-state index in [-0.39, 0.29) is 17.5 Å². The average Bonchev–Trinajstić information content (AvgIpc) is 3.54. The second kappa shape index (κ2) is 17.2. The number of carbonyl (C=O) groups excluding carboxylic acids is 2. The molecule has 0 saturated carbocycles. The maximum absolute atomic E-state index is 12.1. The van der Waals surface area contributed by atoms with Crippen molar-refractivity contribution in [2.75, 3.05) is 6.54 Å².